The van der Waals surface area contributed by atoms with E-state index in [1.807, 2.05) is 0 Å². The Morgan fingerprint density at radius 2 is 1.77 bits per heavy atom. The number of anilines is 1. The number of rotatable bonds is 5. The van der Waals surface area contributed by atoms with Crippen LogP contribution in [0.4, 0.5) is 18.9 Å². The van der Waals surface area contributed by atoms with E-state index in [1.54, 1.807) is 24.3 Å². The van der Waals surface area contributed by atoms with Gasteiger partial charge in [0.1, 0.15) is 0 Å². The van der Waals surface area contributed by atoms with Gasteiger partial charge in [0.15, 0.2) is 17.5 Å². The Bertz CT molecular complexity index is 694. The van der Waals surface area contributed by atoms with Gasteiger partial charge in [-0.15, -0.1) is 0 Å². The fourth-order valence-electron chi connectivity index (χ4n) is 1.77. The number of hydrogen-bond donors (Lipinski definition) is 2. The molecule has 2 rings (SSSR count). The highest BCUT2D eigenvalue weighted by molar-refractivity contribution is 6.31. The van der Waals surface area contributed by atoms with Crippen molar-refractivity contribution in [2.75, 3.05) is 11.9 Å². The quantitative estimate of drug-likeness (QED) is 0.825. The lowest BCUT2D eigenvalue weighted by atomic mass is 10.2. The molecule has 2 aromatic rings. The molecule has 2 aromatic carbocycles. The van der Waals surface area contributed by atoms with Crippen molar-refractivity contribution in [2.45, 2.75) is 6.54 Å². The third-order valence-electron chi connectivity index (χ3n) is 2.87. The van der Waals surface area contributed by atoms with Crippen LogP contribution >= 0.6 is 11.6 Å². The van der Waals surface area contributed by atoms with Crippen molar-refractivity contribution in [2.24, 2.45) is 0 Å². The van der Waals surface area contributed by atoms with E-state index in [1.165, 1.54) is 0 Å². The zero-order valence-electron chi connectivity index (χ0n) is 11.3. The van der Waals surface area contributed by atoms with Crippen LogP contribution in [0.15, 0.2) is 36.4 Å². The van der Waals surface area contributed by atoms with Gasteiger partial charge in [0.2, 0.25) is 5.91 Å². The molecule has 1 amide bonds. The van der Waals surface area contributed by atoms with Crippen molar-refractivity contribution in [1.29, 1.82) is 0 Å². The summed E-state index contributed by atoms with van der Waals surface area (Å²) in [6.45, 7) is 0.205. The second-order valence-corrected chi connectivity index (χ2v) is 4.87. The third-order valence-corrected chi connectivity index (χ3v) is 3.24. The first-order valence-corrected chi connectivity index (χ1v) is 6.74. The molecule has 0 unspecified atom stereocenters. The topological polar surface area (TPSA) is 41.1 Å². The number of carbonyl (C=O) groups is 1. The number of amides is 1. The molecule has 2 N–H and O–H groups in total. The molecule has 0 saturated heterocycles. The summed E-state index contributed by atoms with van der Waals surface area (Å²) in [6.07, 6.45) is 0. The summed E-state index contributed by atoms with van der Waals surface area (Å²) in [5.41, 5.74) is 0.388. The Morgan fingerprint density at radius 3 is 2.50 bits per heavy atom. The molecule has 0 saturated carbocycles. The third kappa shape index (κ3) is 3.99. The summed E-state index contributed by atoms with van der Waals surface area (Å²) in [5, 5.41) is 5.54. The predicted molar refractivity (Wildman–Crippen MR) is 78.1 cm³/mol. The molecule has 0 aromatic heterocycles. The van der Waals surface area contributed by atoms with E-state index < -0.39 is 29.0 Å². The van der Waals surface area contributed by atoms with E-state index in [-0.39, 0.29) is 6.54 Å². The summed E-state index contributed by atoms with van der Waals surface area (Å²) < 4.78 is 39.2. The summed E-state index contributed by atoms with van der Waals surface area (Å²) in [4.78, 5) is 11.6. The van der Waals surface area contributed by atoms with Gasteiger partial charge in [0.05, 0.1) is 12.2 Å². The molecule has 3 nitrogen and oxygen atoms in total. The van der Waals surface area contributed by atoms with Crippen molar-refractivity contribution in [3.05, 3.63) is 64.4 Å². The van der Waals surface area contributed by atoms with Crippen molar-refractivity contribution in [3.63, 3.8) is 0 Å². The minimum absolute atomic E-state index is 0.135. The first-order valence-electron chi connectivity index (χ1n) is 6.36. The molecular formula is C15H12ClF3N2O. The van der Waals surface area contributed by atoms with E-state index >= 15 is 0 Å². The minimum atomic E-state index is -1.62. The average molecular weight is 329 g/mol. The molecule has 0 heterocycles. The summed E-state index contributed by atoms with van der Waals surface area (Å²) in [7, 11) is 0. The summed E-state index contributed by atoms with van der Waals surface area (Å²) in [6, 6.07) is 8.80. The molecule has 0 aliphatic rings. The molecule has 7 heteroatoms. The van der Waals surface area contributed by atoms with Crippen LogP contribution in [0.5, 0.6) is 0 Å². The van der Waals surface area contributed by atoms with Crippen LogP contribution in [0.2, 0.25) is 5.02 Å². The van der Waals surface area contributed by atoms with Crippen molar-refractivity contribution in [1.82, 2.24) is 5.32 Å². The van der Waals surface area contributed by atoms with E-state index in [9.17, 15) is 18.0 Å². The first kappa shape index (κ1) is 16.3. The Hall–Kier alpha value is -2.05. The zero-order chi connectivity index (χ0) is 16.1. The van der Waals surface area contributed by atoms with E-state index in [0.29, 0.717) is 11.6 Å². The second kappa shape index (κ2) is 7.29. The molecule has 0 radical (unpaired) electrons. The van der Waals surface area contributed by atoms with Gasteiger partial charge in [-0.1, -0.05) is 29.8 Å². The smallest absolute Gasteiger partial charge is 0.238 e. The van der Waals surface area contributed by atoms with Gasteiger partial charge in [0, 0.05) is 11.6 Å². The zero-order valence-corrected chi connectivity index (χ0v) is 12.1. The highest BCUT2D eigenvalue weighted by atomic mass is 35.5. The maximum atomic E-state index is 13.4. The van der Waals surface area contributed by atoms with Crippen LogP contribution in [0.25, 0.3) is 0 Å². The lowest BCUT2D eigenvalue weighted by molar-refractivity contribution is -0.115. The Balaban J connectivity index is 1.89. The van der Waals surface area contributed by atoms with Crippen LogP contribution in [0.1, 0.15) is 5.56 Å². The Labute approximate surface area is 130 Å². The number of hydrogen-bond acceptors (Lipinski definition) is 2. The van der Waals surface area contributed by atoms with Gasteiger partial charge >= 0.3 is 0 Å². The van der Waals surface area contributed by atoms with E-state index in [4.69, 9.17) is 11.6 Å². The largest absolute Gasteiger partial charge is 0.322 e. The Morgan fingerprint density at radius 1 is 1.05 bits per heavy atom. The van der Waals surface area contributed by atoms with Crippen molar-refractivity contribution >= 4 is 23.2 Å². The maximum absolute atomic E-state index is 13.4. The van der Waals surface area contributed by atoms with Crippen LogP contribution in [0.3, 0.4) is 0 Å². The van der Waals surface area contributed by atoms with Crippen LogP contribution in [-0.2, 0) is 11.3 Å². The van der Waals surface area contributed by atoms with Gasteiger partial charge in [-0.25, -0.2) is 13.2 Å². The lowest BCUT2D eigenvalue weighted by Crippen LogP contribution is -2.28. The van der Waals surface area contributed by atoms with Crippen LogP contribution < -0.4 is 10.6 Å². The van der Waals surface area contributed by atoms with Gasteiger partial charge in [-0.2, -0.15) is 0 Å². The molecule has 0 spiro atoms. The molecule has 0 aliphatic carbocycles. The van der Waals surface area contributed by atoms with Gasteiger partial charge in [0.25, 0.3) is 0 Å². The monoisotopic (exact) mass is 328 g/mol. The van der Waals surface area contributed by atoms with Gasteiger partial charge in [-0.05, 0) is 23.8 Å². The molecule has 22 heavy (non-hydrogen) atoms. The van der Waals surface area contributed by atoms with Gasteiger partial charge in [-0.3, -0.25) is 4.79 Å². The standard InChI is InChI=1S/C15H12ClF3N2O/c16-10-4-2-1-3-9(10)7-20-8-13(22)21-12-6-5-11(17)14(18)15(12)19/h1-6,20H,7-8H2,(H,21,22). The summed E-state index contributed by atoms with van der Waals surface area (Å²) in [5.74, 6) is -4.95. The van der Waals surface area contributed by atoms with E-state index in [2.05, 4.69) is 10.6 Å². The van der Waals surface area contributed by atoms with Crippen LogP contribution in [0, 0.1) is 17.5 Å². The highest BCUT2D eigenvalue weighted by Crippen LogP contribution is 2.19. The SMILES string of the molecule is O=C(CNCc1ccccc1Cl)Nc1ccc(F)c(F)c1F. The number of carbonyl (C=O) groups excluding carboxylic acids is 1. The minimum Gasteiger partial charge on any atom is -0.322 e. The fraction of sp³-hybridized carbons (Fsp3) is 0.133. The number of halogens is 4. The molecule has 0 bridgehead atoms. The van der Waals surface area contributed by atoms with Gasteiger partial charge < -0.3 is 10.6 Å². The number of nitrogens with one attached hydrogen (secondary N) is 2. The molecule has 116 valence electrons. The van der Waals surface area contributed by atoms with Crippen LogP contribution in [-0.4, -0.2) is 12.5 Å². The Kier molecular flexibility index (Phi) is 5.41. The van der Waals surface area contributed by atoms with E-state index in [0.717, 1.165) is 17.7 Å². The molecule has 0 aliphatic heterocycles. The lowest BCUT2D eigenvalue weighted by Gasteiger charge is -2.09. The van der Waals surface area contributed by atoms with Crippen molar-refractivity contribution < 1.29 is 18.0 Å². The fourth-order valence-corrected chi connectivity index (χ4v) is 1.97. The molecule has 0 atom stereocenters. The maximum Gasteiger partial charge on any atom is 0.238 e. The molecule has 0 fully saturated rings. The summed E-state index contributed by atoms with van der Waals surface area (Å²) >= 11 is 5.96. The number of benzene rings is 2. The predicted octanol–water partition coefficient (Wildman–Crippen LogP) is 3.49. The average Bonchev–Trinajstić information content (AvgIpc) is 2.50. The molecular weight excluding hydrogens is 317 g/mol. The normalized spacial score (nSPS) is 10.5. The second-order valence-electron chi connectivity index (χ2n) is 4.47. The van der Waals surface area contributed by atoms with Crippen molar-refractivity contribution in [3.8, 4) is 0 Å². The first-order chi connectivity index (χ1) is 10.5. The highest BCUT2D eigenvalue weighted by Gasteiger charge is 2.15.